The molecule has 1 unspecified atom stereocenters. The summed E-state index contributed by atoms with van der Waals surface area (Å²) in [7, 11) is 1.48. The summed E-state index contributed by atoms with van der Waals surface area (Å²) < 4.78 is 23.0. The Morgan fingerprint density at radius 2 is 2.00 bits per heavy atom. The number of urea groups is 1. The van der Waals surface area contributed by atoms with E-state index in [1.165, 1.54) is 12.1 Å². The summed E-state index contributed by atoms with van der Waals surface area (Å²) in [5, 5.41) is 8.55. The Balaban J connectivity index is 1.88. The molecule has 0 aliphatic carbocycles. The van der Waals surface area contributed by atoms with Gasteiger partial charge < -0.3 is 20.5 Å². The fraction of sp³-hybridized carbons (Fsp3) is 0.318. The van der Waals surface area contributed by atoms with Crippen molar-refractivity contribution >= 4 is 23.3 Å². The van der Waals surface area contributed by atoms with Gasteiger partial charge in [0, 0.05) is 23.6 Å². The zero-order chi connectivity index (χ0) is 22.4. The molecule has 1 atom stereocenters. The molecule has 164 valence electrons. The summed E-state index contributed by atoms with van der Waals surface area (Å²) in [4.78, 5) is 23.6. The molecule has 8 nitrogen and oxygen atoms in total. The molecule has 0 fully saturated rings. The van der Waals surface area contributed by atoms with Crippen molar-refractivity contribution in [3.05, 3.63) is 53.6 Å². The van der Waals surface area contributed by atoms with Crippen LogP contribution in [0.2, 0.25) is 0 Å². The first kappa shape index (κ1) is 22.1. The zero-order valence-electron chi connectivity index (χ0n) is 17.4. The topological polar surface area (TPSA) is 106 Å². The lowest BCUT2D eigenvalue weighted by atomic mass is 9.89. The molecule has 0 aromatic heterocycles. The number of hydrazone groups is 1. The van der Waals surface area contributed by atoms with Gasteiger partial charge in [0.1, 0.15) is 0 Å². The Morgan fingerprint density at radius 3 is 2.61 bits per heavy atom. The number of nitrogens with one attached hydrogen (secondary N) is 1. The van der Waals surface area contributed by atoms with Gasteiger partial charge >= 0.3 is 6.03 Å². The molecule has 9 heteroatoms. The number of rotatable bonds is 8. The zero-order valence-corrected chi connectivity index (χ0v) is 17.4. The average Bonchev–Trinajstić information content (AvgIpc) is 2.76. The van der Waals surface area contributed by atoms with Gasteiger partial charge in [0.15, 0.2) is 11.5 Å². The molecule has 2 aromatic carbocycles. The van der Waals surface area contributed by atoms with Crippen LogP contribution in [0, 0.1) is 5.92 Å². The van der Waals surface area contributed by atoms with E-state index >= 15 is 0 Å². The van der Waals surface area contributed by atoms with Gasteiger partial charge in [-0.1, -0.05) is 19.1 Å². The maximum atomic E-state index is 12.8. The number of hydrogen-bond donors (Lipinski definition) is 2. The first-order chi connectivity index (χ1) is 14.9. The third kappa shape index (κ3) is 5.30. The van der Waals surface area contributed by atoms with Gasteiger partial charge in [0.2, 0.25) is 12.8 Å². The number of ether oxygens (including phenoxy) is 2. The van der Waals surface area contributed by atoms with Crippen LogP contribution in [0.3, 0.4) is 0 Å². The average molecular weight is 428 g/mol. The van der Waals surface area contributed by atoms with Gasteiger partial charge in [-0.15, -0.1) is 0 Å². The summed E-state index contributed by atoms with van der Waals surface area (Å²) >= 11 is 0. The van der Waals surface area contributed by atoms with Crippen LogP contribution in [-0.2, 0) is 11.3 Å². The maximum Gasteiger partial charge on any atom is 0.316 e. The second-order valence-corrected chi connectivity index (χ2v) is 7.05. The largest absolute Gasteiger partial charge is 0.493 e. The number of halogens is 1. The lowest BCUT2D eigenvalue weighted by Crippen LogP contribution is -2.36. The first-order valence-corrected chi connectivity index (χ1v) is 9.86. The minimum Gasteiger partial charge on any atom is -0.493 e. The molecule has 3 rings (SSSR count). The highest BCUT2D eigenvalue weighted by atomic mass is 19.1. The minimum atomic E-state index is -0.977. The molecular weight excluding hydrogens is 403 g/mol. The van der Waals surface area contributed by atoms with Gasteiger partial charge in [-0.25, -0.2) is 14.2 Å². The van der Waals surface area contributed by atoms with Crippen LogP contribution in [0.1, 0.15) is 30.9 Å². The molecule has 1 aliphatic heterocycles. The number of hydrogen-bond acceptors (Lipinski definition) is 5. The summed E-state index contributed by atoms with van der Waals surface area (Å²) in [5.41, 5.74) is 8.01. The smallest absolute Gasteiger partial charge is 0.316 e. The van der Waals surface area contributed by atoms with E-state index in [9.17, 15) is 14.0 Å². The SMILES string of the molecule is CCC1CC(=O)N(Cc2ccc(NC(N)=O)cc2)N=C1c1ccc(OC)c(OCF)c1. The van der Waals surface area contributed by atoms with Crippen LogP contribution in [0.5, 0.6) is 11.5 Å². The molecule has 0 bridgehead atoms. The van der Waals surface area contributed by atoms with Crippen LogP contribution in [0.4, 0.5) is 14.9 Å². The molecule has 0 radical (unpaired) electrons. The van der Waals surface area contributed by atoms with Gasteiger partial charge in [-0.2, -0.15) is 5.10 Å². The lowest BCUT2D eigenvalue weighted by Gasteiger charge is -2.29. The summed E-state index contributed by atoms with van der Waals surface area (Å²) in [6, 6.07) is 11.5. The summed E-state index contributed by atoms with van der Waals surface area (Å²) in [5.74, 6) is 0.561. The fourth-order valence-corrected chi connectivity index (χ4v) is 3.45. The van der Waals surface area contributed by atoms with Crippen molar-refractivity contribution < 1.29 is 23.5 Å². The molecule has 0 saturated carbocycles. The number of primary amides is 1. The van der Waals surface area contributed by atoms with Crippen molar-refractivity contribution in [2.75, 3.05) is 19.3 Å². The maximum absolute atomic E-state index is 12.8. The van der Waals surface area contributed by atoms with E-state index in [2.05, 4.69) is 10.4 Å². The van der Waals surface area contributed by atoms with E-state index in [4.69, 9.17) is 15.2 Å². The number of carbonyl (C=O) groups is 2. The normalized spacial score (nSPS) is 16.0. The third-order valence-corrected chi connectivity index (χ3v) is 5.04. The highest BCUT2D eigenvalue weighted by molar-refractivity contribution is 6.06. The van der Waals surface area contributed by atoms with Crippen molar-refractivity contribution in [1.82, 2.24) is 5.01 Å². The Labute approximate surface area is 179 Å². The summed E-state index contributed by atoms with van der Waals surface area (Å²) in [6.45, 7) is 1.30. The second-order valence-electron chi connectivity index (χ2n) is 7.05. The quantitative estimate of drug-likeness (QED) is 0.669. The van der Waals surface area contributed by atoms with E-state index in [1.54, 1.807) is 36.4 Å². The van der Waals surface area contributed by atoms with E-state index in [0.29, 0.717) is 17.9 Å². The van der Waals surface area contributed by atoms with Crippen LogP contribution < -0.4 is 20.5 Å². The Morgan fingerprint density at radius 1 is 1.26 bits per heavy atom. The molecular formula is C22H25FN4O4. The van der Waals surface area contributed by atoms with E-state index in [1.807, 2.05) is 13.0 Å². The van der Waals surface area contributed by atoms with Crippen molar-refractivity contribution in [1.29, 1.82) is 0 Å². The van der Waals surface area contributed by atoms with Crippen LogP contribution in [-0.4, -0.2) is 36.6 Å². The van der Waals surface area contributed by atoms with Gasteiger partial charge in [-0.05, 0) is 42.3 Å². The molecule has 0 spiro atoms. The lowest BCUT2D eigenvalue weighted by molar-refractivity contribution is -0.133. The molecule has 0 saturated heterocycles. The number of nitrogens with zero attached hydrogens (tertiary/aromatic N) is 2. The van der Waals surface area contributed by atoms with Gasteiger partial charge in [0.05, 0.1) is 19.4 Å². The molecule has 1 aliphatic rings. The summed E-state index contributed by atoms with van der Waals surface area (Å²) in [6.07, 6.45) is 1.05. The molecule has 31 heavy (non-hydrogen) atoms. The third-order valence-electron chi connectivity index (χ3n) is 5.04. The van der Waals surface area contributed by atoms with E-state index in [-0.39, 0.29) is 24.1 Å². The number of carbonyl (C=O) groups excluding carboxylic acids is 2. The number of methoxy groups -OCH3 is 1. The predicted molar refractivity (Wildman–Crippen MR) is 115 cm³/mol. The van der Waals surface area contributed by atoms with Gasteiger partial charge in [-0.3, -0.25) is 4.79 Å². The van der Waals surface area contributed by atoms with Crippen molar-refractivity contribution in [3.63, 3.8) is 0 Å². The molecule has 1 heterocycles. The first-order valence-electron chi connectivity index (χ1n) is 9.86. The number of anilines is 1. The molecule has 2 aromatic rings. The Kier molecular flexibility index (Phi) is 7.07. The monoisotopic (exact) mass is 428 g/mol. The number of nitrogens with two attached hydrogens (primary N) is 1. The molecule has 3 N–H and O–H groups in total. The highest BCUT2D eigenvalue weighted by Crippen LogP contribution is 2.32. The number of alkyl halides is 1. The van der Waals surface area contributed by atoms with Crippen molar-refractivity contribution in [2.45, 2.75) is 26.3 Å². The van der Waals surface area contributed by atoms with Gasteiger partial charge in [0.25, 0.3) is 0 Å². The van der Waals surface area contributed by atoms with E-state index < -0.39 is 12.9 Å². The van der Waals surface area contributed by atoms with E-state index in [0.717, 1.165) is 23.3 Å². The fourth-order valence-electron chi connectivity index (χ4n) is 3.45. The second kappa shape index (κ2) is 9.92. The van der Waals surface area contributed by atoms with Crippen molar-refractivity contribution in [3.8, 4) is 11.5 Å². The number of benzene rings is 2. The van der Waals surface area contributed by atoms with Crippen molar-refractivity contribution in [2.24, 2.45) is 16.8 Å². The van der Waals surface area contributed by atoms with Crippen LogP contribution >= 0.6 is 0 Å². The Hall–Kier alpha value is -3.62. The number of amides is 3. The van der Waals surface area contributed by atoms with Crippen LogP contribution in [0.25, 0.3) is 0 Å². The minimum absolute atomic E-state index is 0.0579. The van der Waals surface area contributed by atoms with Crippen LogP contribution in [0.15, 0.2) is 47.6 Å². The highest BCUT2D eigenvalue weighted by Gasteiger charge is 2.29. The standard InChI is InChI=1S/C22H25FN4O4/c1-3-15-11-20(28)27(12-14-4-7-17(8-5-14)25-22(24)29)26-21(15)16-6-9-18(30-2)19(10-16)31-13-23/h4-10,15H,3,11-13H2,1-2H3,(H3,24,25,29). The Bertz CT molecular complexity index is 978. The molecule has 3 amide bonds. The predicted octanol–water partition coefficient (Wildman–Crippen LogP) is 3.65.